The van der Waals surface area contributed by atoms with Crippen molar-refractivity contribution in [2.75, 3.05) is 0 Å². The summed E-state index contributed by atoms with van der Waals surface area (Å²) in [5.74, 6) is 0. The summed E-state index contributed by atoms with van der Waals surface area (Å²) in [6.07, 6.45) is 15.1. The average molecular weight is 347 g/mol. The zero-order valence-corrected chi connectivity index (χ0v) is 17.3. The molecule has 2 aliphatic rings. The van der Waals surface area contributed by atoms with E-state index in [1.54, 1.807) is 5.56 Å². The Morgan fingerprint density at radius 3 is 1.83 bits per heavy atom. The van der Waals surface area contributed by atoms with E-state index in [2.05, 4.69) is 63.7 Å². The molecule has 0 amide bonds. The van der Waals surface area contributed by atoms with Crippen LogP contribution in [0, 0.1) is 0 Å². The van der Waals surface area contributed by atoms with Crippen LogP contribution in [0.15, 0.2) is 29.2 Å². The molecule has 2 bridgehead atoms. The second-order valence-electron chi connectivity index (χ2n) is 8.32. The smallest absolute Gasteiger partial charge is 0.0176 e. The van der Waals surface area contributed by atoms with Crippen LogP contribution in [0.5, 0.6) is 0 Å². The molecule has 0 radical (unpaired) electrons. The van der Waals surface area contributed by atoms with Gasteiger partial charge in [-0.15, -0.1) is 11.8 Å². The molecule has 1 aromatic rings. The van der Waals surface area contributed by atoms with Crippen molar-refractivity contribution in [1.82, 2.24) is 0 Å². The highest BCUT2D eigenvalue weighted by atomic mass is 32.2. The van der Waals surface area contributed by atoms with Crippen LogP contribution >= 0.6 is 11.8 Å². The van der Waals surface area contributed by atoms with Crippen molar-refractivity contribution >= 4 is 11.8 Å². The van der Waals surface area contributed by atoms with Crippen LogP contribution in [-0.2, 0) is 5.41 Å². The zero-order chi connectivity index (χ0) is 17.5. The van der Waals surface area contributed by atoms with E-state index in [4.69, 9.17) is 0 Å². The first kappa shape index (κ1) is 19.9. The molecular formula is C23H38S. The summed E-state index contributed by atoms with van der Waals surface area (Å²) >= 11 is 2.10. The van der Waals surface area contributed by atoms with Gasteiger partial charge in [-0.25, -0.2) is 0 Å². The minimum atomic E-state index is 0.355. The molecule has 2 atom stereocenters. The van der Waals surface area contributed by atoms with Gasteiger partial charge in [-0.05, 0) is 48.8 Å². The molecule has 1 heteroatoms. The maximum absolute atomic E-state index is 2.47. The van der Waals surface area contributed by atoms with Gasteiger partial charge < -0.3 is 0 Å². The first-order valence-corrected chi connectivity index (χ1v) is 11.1. The van der Waals surface area contributed by atoms with E-state index in [-0.39, 0.29) is 0 Å². The number of rotatable bonds is 2. The lowest BCUT2D eigenvalue weighted by Gasteiger charge is -2.31. The van der Waals surface area contributed by atoms with Crippen molar-refractivity contribution < 1.29 is 0 Å². The molecule has 2 heterocycles. The third kappa shape index (κ3) is 5.55. The van der Waals surface area contributed by atoms with E-state index in [1.165, 1.54) is 75.5 Å². The molecule has 2 unspecified atom stereocenters. The number of thioether (sulfide) groups is 1. The van der Waals surface area contributed by atoms with Crippen molar-refractivity contribution in [3.63, 3.8) is 0 Å². The molecule has 136 valence electrons. The fourth-order valence-corrected chi connectivity index (χ4v) is 5.17. The van der Waals surface area contributed by atoms with Gasteiger partial charge in [0.1, 0.15) is 0 Å². The Balaban J connectivity index is 2.19. The van der Waals surface area contributed by atoms with Crippen molar-refractivity contribution in [3.8, 4) is 0 Å². The van der Waals surface area contributed by atoms with Crippen LogP contribution in [0.3, 0.4) is 0 Å². The molecule has 3 rings (SSSR count). The normalized spacial score (nSPS) is 30.3. The summed E-state index contributed by atoms with van der Waals surface area (Å²) in [6.45, 7) is 9.64. The summed E-state index contributed by atoms with van der Waals surface area (Å²) in [4.78, 5) is 1.45. The van der Waals surface area contributed by atoms with Crippen molar-refractivity contribution in [2.24, 2.45) is 0 Å². The van der Waals surface area contributed by atoms with Crippen LogP contribution in [0.25, 0.3) is 0 Å². The van der Waals surface area contributed by atoms with Crippen LogP contribution in [-0.4, -0.2) is 4.75 Å². The Bertz CT molecular complexity index is 477. The average Bonchev–Trinajstić information content (AvgIpc) is 2.60. The maximum Gasteiger partial charge on any atom is 0.0176 e. The summed E-state index contributed by atoms with van der Waals surface area (Å²) in [5, 5.41) is 0. The van der Waals surface area contributed by atoms with Gasteiger partial charge >= 0.3 is 0 Å². The molecule has 2 aliphatic heterocycles. The summed E-state index contributed by atoms with van der Waals surface area (Å²) in [6, 6.07) is 9.59. The van der Waals surface area contributed by atoms with Crippen LogP contribution in [0.4, 0.5) is 0 Å². The quantitative estimate of drug-likeness (QED) is 0.520. The van der Waals surface area contributed by atoms with E-state index >= 15 is 0 Å². The van der Waals surface area contributed by atoms with E-state index < -0.39 is 0 Å². The van der Waals surface area contributed by atoms with Gasteiger partial charge in [0, 0.05) is 9.64 Å². The Hall–Kier alpha value is -0.430. The predicted octanol–water partition coefficient (Wildman–Crippen LogP) is 8.14. The van der Waals surface area contributed by atoms with Crippen molar-refractivity contribution in [1.29, 1.82) is 0 Å². The number of hydrogen-bond acceptors (Lipinski definition) is 1. The molecule has 0 spiro atoms. The maximum atomic E-state index is 2.47. The SMILES string of the molecule is CCC1(C)CCCCCCCCCC(C)(CC)c2ccc(cc2)S1. The fraction of sp³-hybridized carbons (Fsp3) is 0.739. The van der Waals surface area contributed by atoms with Crippen molar-refractivity contribution in [2.45, 2.75) is 113 Å². The summed E-state index contributed by atoms with van der Waals surface area (Å²) < 4.78 is 0.395. The van der Waals surface area contributed by atoms with Gasteiger partial charge in [-0.2, -0.15) is 0 Å². The van der Waals surface area contributed by atoms with E-state index in [0.717, 1.165) is 0 Å². The fourth-order valence-electron chi connectivity index (χ4n) is 3.93. The molecule has 0 N–H and O–H groups in total. The zero-order valence-electron chi connectivity index (χ0n) is 16.5. The molecular weight excluding hydrogens is 308 g/mol. The van der Waals surface area contributed by atoms with Gasteiger partial charge in [-0.3, -0.25) is 0 Å². The highest BCUT2D eigenvalue weighted by molar-refractivity contribution is 8.00. The molecule has 1 aromatic carbocycles. The van der Waals surface area contributed by atoms with Gasteiger partial charge in [0.15, 0.2) is 0 Å². The third-order valence-electron chi connectivity index (χ3n) is 6.38. The molecule has 0 saturated heterocycles. The molecule has 0 aromatic heterocycles. The highest BCUT2D eigenvalue weighted by Crippen LogP contribution is 2.41. The predicted molar refractivity (Wildman–Crippen MR) is 110 cm³/mol. The highest BCUT2D eigenvalue weighted by Gasteiger charge is 2.26. The standard InChI is InChI=1S/C23H38S/c1-5-22(3)18-12-10-8-7-9-11-13-19-23(4,6-2)24-21-16-14-20(22)15-17-21/h14-17H,5-13,18-19H2,1-4H3. The monoisotopic (exact) mass is 346 g/mol. The lowest BCUT2D eigenvalue weighted by molar-refractivity contribution is 0.393. The van der Waals surface area contributed by atoms with E-state index in [0.29, 0.717) is 10.2 Å². The molecule has 24 heavy (non-hydrogen) atoms. The molecule has 0 nitrogen and oxygen atoms in total. The first-order valence-electron chi connectivity index (χ1n) is 10.3. The number of hydrogen-bond donors (Lipinski definition) is 0. The van der Waals surface area contributed by atoms with E-state index in [1.807, 2.05) is 0 Å². The Labute approximate surface area is 155 Å². The molecule has 0 saturated carbocycles. The molecule has 0 aliphatic carbocycles. The Kier molecular flexibility index (Phi) is 7.72. The Morgan fingerprint density at radius 2 is 1.29 bits per heavy atom. The second-order valence-corrected chi connectivity index (χ2v) is 9.98. The molecule has 0 fully saturated rings. The van der Waals surface area contributed by atoms with Gasteiger partial charge in [0.05, 0.1) is 0 Å². The van der Waals surface area contributed by atoms with Crippen LogP contribution in [0.1, 0.15) is 104 Å². The van der Waals surface area contributed by atoms with Crippen LogP contribution in [0.2, 0.25) is 0 Å². The van der Waals surface area contributed by atoms with Crippen molar-refractivity contribution in [3.05, 3.63) is 29.8 Å². The van der Waals surface area contributed by atoms with E-state index in [9.17, 15) is 0 Å². The lowest BCUT2D eigenvalue weighted by atomic mass is 9.76. The first-order chi connectivity index (χ1) is 11.5. The summed E-state index contributed by atoms with van der Waals surface area (Å²) in [5.41, 5.74) is 1.90. The Morgan fingerprint density at radius 1 is 0.750 bits per heavy atom. The van der Waals surface area contributed by atoms with Gasteiger partial charge in [0.2, 0.25) is 0 Å². The number of benzene rings is 1. The van der Waals surface area contributed by atoms with Crippen LogP contribution < -0.4 is 0 Å². The third-order valence-corrected chi connectivity index (χ3v) is 7.87. The largest absolute Gasteiger partial charge is 0.120 e. The minimum absolute atomic E-state index is 0.355. The lowest BCUT2D eigenvalue weighted by Crippen LogP contribution is -2.21. The second kappa shape index (κ2) is 9.32. The number of fused-ring (bicyclic) bond motifs is 13. The van der Waals surface area contributed by atoms with Gasteiger partial charge in [0.25, 0.3) is 0 Å². The van der Waals surface area contributed by atoms with Gasteiger partial charge in [-0.1, -0.05) is 84.8 Å². The minimum Gasteiger partial charge on any atom is -0.120 e. The topological polar surface area (TPSA) is 0 Å². The summed E-state index contributed by atoms with van der Waals surface area (Å²) in [7, 11) is 0.